The highest BCUT2D eigenvalue weighted by molar-refractivity contribution is 5.58. The molecule has 2 rings (SSSR count). The number of nitrogen functional groups attached to an aromatic ring is 1. The van der Waals surface area contributed by atoms with Gasteiger partial charge in [0.1, 0.15) is 0 Å². The van der Waals surface area contributed by atoms with Gasteiger partial charge in [0, 0.05) is 17.4 Å². The monoisotopic (exact) mass is 217 g/mol. The summed E-state index contributed by atoms with van der Waals surface area (Å²) in [5, 5.41) is 21.1. The van der Waals surface area contributed by atoms with Crippen LogP contribution in [0.1, 0.15) is 18.4 Å². The van der Waals surface area contributed by atoms with E-state index in [2.05, 4.69) is 11.4 Å². The van der Waals surface area contributed by atoms with Crippen molar-refractivity contribution in [2.24, 2.45) is 0 Å². The minimum absolute atomic E-state index is 0.162. The van der Waals surface area contributed by atoms with E-state index >= 15 is 0 Å². The van der Waals surface area contributed by atoms with Crippen molar-refractivity contribution < 1.29 is 5.11 Å². The minimum atomic E-state index is -0.162. The molecule has 4 N–H and O–H groups in total. The third kappa shape index (κ3) is 2.26. The molecule has 0 heterocycles. The fourth-order valence-corrected chi connectivity index (χ4v) is 1.88. The molecule has 1 aromatic rings. The van der Waals surface area contributed by atoms with Crippen LogP contribution in [0.15, 0.2) is 18.2 Å². The maximum atomic E-state index is 9.18. The minimum Gasteiger partial charge on any atom is -0.398 e. The fraction of sp³-hybridized carbons (Fsp3) is 0.417. The quantitative estimate of drug-likeness (QED) is 0.666. The van der Waals surface area contributed by atoms with E-state index in [1.807, 2.05) is 18.2 Å². The standard InChI is InChI=1S/C12H15N3O/c13-4-3-8-5-9(1-2-12(8)14)15-10-6-11(16)7-10/h1-2,5,10-11,15-16H,3,6-7,14H2. The highest BCUT2D eigenvalue weighted by Gasteiger charge is 2.26. The van der Waals surface area contributed by atoms with Gasteiger partial charge in [0.05, 0.1) is 18.6 Å². The first-order chi connectivity index (χ1) is 7.69. The van der Waals surface area contributed by atoms with Crippen molar-refractivity contribution in [2.45, 2.75) is 31.4 Å². The lowest BCUT2D eigenvalue weighted by molar-refractivity contribution is 0.0836. The van der Waals surface area contributed by atoms with E-state index < -0.39 is 0 Å². The van der Waals surface area contributed by atoms with Crippen LogP contribution in [0.25, 0.3) is 0 Å². The van der Waals surface area contributed by atoms with E-state index in [1.165, 1.54) is 0 Å². The van der Waals surface area contributed by atoms with Gasteiger partial charge in [0.25, 0.3) is 0 Å². The maximum absolute atomic E-state index is 9.18. The van der Waals surface area contributed by atoms with Gasteiger partial charge >= 0.3 is 0 Å². The zero-order chi connectivity index (χ0) is 11.5. The molecule has 16 heavy (non-hydrogen) atoms. The molecule has 1 fully saturated rings. The number of nitriles is 1. The van der Waals surface area contributed by atoms with Crippen LogP contribution in [0.4, 0.5) is 11.4 Å². The molecule has 1 aliphatic carbocycles. The van der Waals surface area contributed by atoms with Gasteiger partial charge in [-0.1, -0.05) is 0 Å². The Morgan fingerprint density at radius 2 is 2.25 bits per heavy atom. The van der Waals surface area contributed by atoms with Crippen LogP contribution < -0.4 is 11.1 Å². The predicted octanol–water partition coefficient (Wildman–Crippen LogP) is 1.27. The molecule has 0 saturated heterocycles. The normalized spacial score (nSPS) is 23.2. The van der Waals surface area contributed by atoms with Crippen molar-refractivity contribution in [3.8, 4) is 6.07 Å². The first kappa shape index (κ1) is 10.8. The van der Waals surface area contributed by atoms with Gasteiger partial charge in [0.2, 0.25) is 0 Å². The van der Waals surface area contributed by atoms with Crippen molar-refractivity contribution in [3.05, 3.63) is 23.8 Å². The number of hydrogen-bond donors (Lipinski definition) is 3. The van der Waals surface area contributed by atoms with E-state index in [1.54, 1.807) is 0 Å². The molecule has 4 nitrogen and oxygen atoms in total. The van der Waals surface area contributed by atoms with E-state index in [9.17, 15) is 5.11 Å². The molecule has 1 aromatic carbocycles. The van der Waals surface area contributed by atoms with E-state index in [4.69, 9.17) is 11.0 Å². The molecule has 1 aliphatic rings. The van der Waals surface area contributed by atoms with Gasteiger partial charge in [-0.25, -0.2) is 0 Å². The Bertz CT molecular complexity index is 419. The van der Waals surface area contributed by atoms with Gasteiger partial charge in [-0.3, -0.25) is 0 Å². The first-order valence-corrected chi connectivity index (χ1v) is 5.39. The molecule has 0 aromatic heterocycles. The van der Waals surface area contributed by atoms with Gasteiger partial charge in [-0.15, -0.1) is 0 Å². The number of anilines is 2. The van der Waals surface area contributed by atoms with Crippen LogP contribution in [0.2, 0.25) is 0 Å². The van der Waals surface area contributed by atoms with Gasteiger partial charge < -0.3 is 16.2 Å². The Morgan fingerprint density at radius 3 is 2.88 bits per heavy atom. The second-order valence-corrected chi connectivity index (χ2v) is 4.21. The van der Waals surface area contributed by atoms with Gasteiger partial charge in [-0.05, 0) is 36.6 Å². The highest BCUT2D eigenvalue weighted by Crippen LogP contribution is 2.25. The SMILES string of the molecule is N#CCc1cc(NC2CC(O)C2)ccc1N. The summed E-state index contributed by atoms with van der Waals surface area (Å²) in [4.78, 5) is 0. The van der Waals surface area contributed by atoms with Crippen molar-refractivity contribution in [2.75, 3.05) is 11.1 Å². The Morgan fingerprint density at radius 1 is 1.50 bits per heavy atom. The van der Waals surface area contributed by atoms with Crippen molar-refractivity contribution in [3.63, 3.8) is 0 Å². The Balaban J connectivity index is 2.04. The number of hydrogen-bond acceptors (Lipinski definition) is 4. The van der Waals surface area contributed by atoms with Crippen LogP contribution in [-0.2, 0) is 6.42 Å². The van der Waals surface area contributed by atoms with Crippen LogP contribution in [0.3, 0.4) is 0 Å². The molecule has 0 bridgehead atoms. The van der Waals surface area contributed by atoms with Crippen LogP contribution >= 0.6 is 0 Å². The lowest BCUT2D eigenvalue weighted by Crippen LogP contribution is -2.38. The van der Waals surface area contributed by atoms with Crippen LogP contribution in [0, 0.1) is 11.3 Å². The number of nitrogens with one attached hydrogen (secondary N) is 1. The largest absolute Gasteiger partial charge is 0.398 e. The summed E-state index contributed by atoms with van der Waals surface area (Å²) in [6.07, 6.45) is 1.75. The second kappa shape index (κ2) is 4.42. The molecular weight excluding hydrogens is 202 g/mol. The Hall–Kier alpha value is -1.73. The van der Waals surface area contributed by atoms with Crippen molar-refractivity contribution in [1.29, 1.82) is 5.26 Å². The van der Waals surface area contributed by atoms with Crippen molar-refractivity contribution in [1.82, 2.24) is 0 Å². The molecule has 1 saturated carbocycles. The lowest BCUT2D eigenvalue weighted by atomic mass is 9.89. The molecule has 84 valence electrons. The van der Waals surface area contributed by atoms with E-state index in [-0.39, 0.29) is 6.10 Å². The average Bonchev–Trinajstić information content (AvgIpc) is 2.21. The van der Waals surface area contributed by atoms with Gasteiger partial charge in [-0.2, -0.15) is 5.26 Å². The molecule has 0 spiro atoms. The number of rotatable bonds is 3. The molecule has 0 atom stereocenters. The second-order valence-electron chi connectivity index (χ2n) is 4.21. The maximum Gasteiger partial charge on any atom is 0.0670 e. The molecule has 4 heteroatoms. The molecule has 0 unspecified atom stereocenters. The molecule has 0 amide bonds. The third-order valence-corrected chi connectivity index (χ3v) is 2.90. The fourth-order valence-electron chi connectivity index (χ4n) is 1.88. The number of aliphatic hydroxyl groups excluding tert-OH is 1. The van der Waals surface area contributed by atoms with Gasteiger partial charge in [0.15, 0.2) is 0 Å². The van der Waals surface area contributed by atoms with Crippen LogP contribution in [-0.4, -0.2) is 17.3 Å². The number of aliphatic hydroxyl groups is 1. The van der Waals surface area contributed by atoms with E-state index in [0.717, 1.165) is 24.1 Å². The topological polar surface area (TPSA) is 82.1 Å². The number of nitrogens with two attached hydrogens (primary N) is 1. The molecule has 0 radical (unpaired) electrons. The predicted molar refractivity (Wildman–Crippen MR) is 62.8 cm³/mol. The lowest BCUT2D eigenvalue weighted by Gasteiger charge is -2.32. The molecule has 0 aliphatic heterocycles. The summed E-state index contributed by atoms with van der Waals surface area (Å²) >= 11 is 0. The summed E-state index contributed by atoms with van der Waals surface area (Å²) in [6, 6.07) is 8.05. The number of nitrogens with zero attached hydrogens (tertiary/aromatic N) is 1. The average molecular weight is 217 g/mol. The summed E-state index contributed by atoms with van der Waals surface area (Å²) in [5.74, 6) is 0. The smallest absolute Gasteiger partial charge is 0.0670 e. The summed E-state index contributed by atoms with van der Waals surface area (Å²) < 4.78 is 0. The van der Waals surface area contributed by atoms with Crippen molar-refractivity contribution >= 4 is 11.4 Å². The Labute approximate surface area is 94.7 Å². The zero-order valence-corrected chi connectivity index (χ0v) is 8.98. The van der Waals surface area contributed by atoms with Crippen LogP contribution in [0.5, 0.6) is 0 Å². The Kier molecular flexibility index (Phi) is 2.97. The summed E-state index contributed by atoms with van der Waals surface area (Å²) in [7, 11) is 0. The molecular formula is C12H15N3O. The third-order valence-electron chi connectivity index (χ3n) is 2.90. The first-order valence-electron chi connectivity index (χ1n) is 5.39. The zero-order valence-electron chi connectivity index (χ0n) is 8.98. The highest BCUT2D eigenvalue weighted by atomic mass is 16.3. The number of benzene rings is 1. The summed E-state index contributed by atoms with van der Waals surface area (Å²) in [6.45, 7) is 0. The van der Waals surface area contributed by atoms with E-state index in [0.29, 0.717) is 18.2 Å². The summed E-state index contributed by atoms with van der Waals surface area (Å²) in [5.41, 5.74) is 8.23.